The summed E-state index contributed by atoms with van der Waals surface area (Å²) in [5.41, 5.74) is 0. The Labute approximate surface area is 115 Å². The van der Waals surface area contributed by atoms with Crippen molar-refractivity contribution in [3.8, 4) is 11.5 Å². The van der Waals surface area contributed by atoms with Crippen LogP contribution in [-0.4, -0.2) is 4.89 Å². The van der Waals surface area contributed by atoms with Crippen molar-refractivity contribution in [3.05, 3.63) is 60.7 Å². The first kappa shape index (κ1) is 14.1. The van der Waals surface area contributed by atoms with E-state index in [9.17, 15) is 4.89 Å². The van der Waals surface area contributed by atoms with Crippen LogP contribution >= 0.6 is 8.60 Å². The Hall–Kier alpha value is -0.973. The first-order chi connectivity index (χ1) is 7.84. The summed E-state index contributed by atoms with van der Waals surface area (Å²) in [6.45, 7) is 0. The van der Waals surface area contributed by atoms with Crippen molar-refractivity contribution in [3.63, 3.8) is 0 Å². The molecule has 0 aliphatic heterocycles. The summed E-state index contributed by atoms with van der Waals surface area (Å²) in [5, 5.41) is 0. The number of hydrogen-bond donors (Lipinski definition) is 1. The molecule has 3 nitrogen and oxygen atoms in total. The molecule has 0 aliphatic rings. The average molecular weight is 242 g/mol. The van der Waals surface area contributed by atoms with Crippen molar-refractivity contribution >= 4 is 8.60 Å². The topological polar surface area (TPSA) is 38.7 Å². The largest absolute Gasteiger partial charge is 1.00 e. The van der Waals surface area contributed by atoms with Crippen LogP contribution in [0.15, 0.2) is 60.7 Å². The van der Waals surface area contributed by atoms with Crippen molar-refractivity contribution in [1.82, 2.24) is 0 Å². The minimum absolute atomic E-state index is 0. The van der Waals surface area contributed by atoms with Crippen molar-refractivity contribution in [2.24, 2.45) is 0 Å². The van der Waals surface area contributed by atoms with Crippen LogP contribution < -0.4 is 27.9 Å². The molecule has 0 bridgehead atoms. The van der Waals surface area contributed by atoms with Crippen LogP contribution in [0.25, 0.3) is 0 Å². The Morgan fingerprint density at radius 1 is 0.765 bits per heavy atom. The second kappa shape index (κ2) is 7.37. The molecule has 17 heavy (non-hydrogen) atoms. The van der Waals surface area contributed by atoms with Gasteiger partial charge in [-0.2, -0.15) is 0 Å². The van der Waals surface area contributed by atoms with Gasteiger partial charge in [0.05, 0.1) is 0 Å². The van der Waals surface area contributed by atoms with E-state index in [1.807, 2.05) is 36.4 Å². The SMILES string of the molecule is OP(Oc1ccccc1)Oc1ccccc1.[H-].[Li+]. The predicted octanol–water partition coefficient (Wildman–Crippen LogP) is 0.480. The van der Waals surface area contributed by atoms with Crippen LogP contribution in [0.2, 0.25) is 0 Å². The van der Waals surface area contributed by atoms with Gasteiger partial charge in [0.25, 0.3) is 0 Å². The Kier molecular flexibility index (Phi) is 6.11. The molecule has 2 rings (SSSR count). The van der Waals surface area contributed by atoms with Gasteiger partial charge >= 0.3 is 27.5 Å². The molecule has 1 N–H and O–H groups in total. The standard InChI is InChI=1S/C12H11O3P.Li.H/c13-16(14-11-7-3-1-4-8-11)15-12-9-5-2-6-10-12;;/h1-10,13H;;/q;+1;-1. The summed E-state index contributed by atoms with van der Waals surface area (Å²) in [6.07, 6.45) is 0. The summed E-state index contributed by atoms with van der Waals surface area (Å²) in [6, 6.07) is 18.2. The van der Waals surface area contributed by atoms with Crippen molar-refractivity contribution in [1.29, 1.82) is 0 Å². The second-order valence-corrected chi connectivity index (χ2v) is 3.89. The van der Waals surface area contributed by atoms with Crippen LogP contribution in [-0.2, 0) is 0 Å². The van der Waals surface area contributed by atoms with E-state index in [1.54, 1.807) is 24.3 Å². The van der Waals surface area contributed by atoms with Gasteiger partial charge in [0.1, 0.15) is 11.5 Å². The van der Waals surface area contributed by atoms with E-state index in [2.05, 4.69) is 0 Å². The number of rotatable bonds is 4. The van der Waals surface area contributed by atoms with Gasteiger partial charge in [0, 0.05) is 0 Å². The van der Waals surface area contributed by atoms with Crippen molar-refractivity contribution in [2.45, 2.75) is 0 Å². The van der Waals surface area contributed by atoms with E-state index < -0.39 is 8.60 Å². The fourth-order valence-corrected chi connectivity index (χ4v) is 1.80. The zero-order valence-corrected chi connectivity index (χ0v) is 10.4. The summed E-state index contributed by atoms with van der Waals surface area (Å²) >= 11 is 0. The second-order valence-electron chi connectivity index (χ2n) is 3.05. The van der Waals surface area contributed by atoms with Crippen LogP contribution in [0, 0.1) is 0 Å². The van der Waals surface area contributed by atoms with E-state index in [4.69, 9.17) is 9.05 Å². The minimum atomic E-state index is -1.93. The maximum Gasteiger partial charge on any atom is 1.00 e. The number of para-hydroxylation sites is 2. The van der Waals surface area contributed by atoms with Gasteiger partial charge in [-0.15, -0.1) is 0 Å². The Bertz CT molecular complexity index is 388. The van der Waals surface area contributed by atoms with Crippen molar-refractivity contribution < 1.29 is 34.2 Å². The molecular weight excluding hydrogens is 230 g/mol. The molecule has 0 atom stereocenters. The van der Waals surface area contributed by atoms with E-state index in [1.165, 1.54) is 0 Å². The first-order valence-corrected chi connectivity index (χ1v) is 5.93. The molecule has 0 amide bonds. The quantitative estimate of drug-likeness (QED) is 0.626. The van der Waals surface area contributed by atoms with Crippen LogP contribution in [0.4, 0.5) is 0 Å². The van der Waals surface area contributed by atoms with Gasteiger partial charge < -0.3 is 15.4 Å². The molecule has 84 valence electrons. The number of hydrogen-bond acceptors (Lipinski definition) is 3. The van der Waals surface area contributed by atoms with Gasteiger partial charge in [0.2, 0.25) is 0 Å². The molecular formula is C12H12LiO3P. The van der Waals surface area contributed by atoms with E-state index in [-0.39, 0.29) is 20.3 Å². The molecule has 0 unspecified atom stereocenters. The Balaban J connectivity index is 0.00000144. The van der Waals surface area contributed by atoms with E-state index in [0.29, 0.717) is 11.5 Å². The molecule has 5 heteroatoms. The zero-order chi connectivity index (χ0) is 11.2. The average Bonchev–Trinajstić information content (AvgIpc) is 2.31. The third kappa shape index (κ3) is 4.81. The Morgan fingerprint density at radius 2 is 1.12 bits per heavy atom. The van der Waals surface area contributed by atoms with Crippen LogP contribution in [0.1, 0.15) is 1.43 Å². The van der Waals surface area contributed by atoms with E-state index in [0.717, 1.165) is 0 Å². The van der Waals surface area contributed by atoms with Gasteiger partial charge in [-0.05, 0) is 24.3 Å². The van der Waals surface area contributed by atoms with Gasteiger partial charge in [0.15, 0.2) is 0 Å². The molecule has 0 saturated carbocycles. The Morgan fingerprint density at radius 3 is 1.47 bits per heavy atom. The van der Waals surface area contributed by atoms with Crippen molar-refractivity contribution in [2.75, 3.05) is 0 Å². The molecule has 0 aliphatic carbocycles. The fourth-order valence-electron chi connectivity index (χ4n) is 1.16. The molecule has 0 saturated heterocycles. The first-order valence-electron chi connectivity index (χ1n) is 4.79. The smallest absolute Gasteiger partial charge is 1.00 e. The molecule has 0 radical (unpaired) electrons. The van der Waals surface area contributed by atoms with Crippen LogP contribution in [0.5, 0.6) is 11.5 Å². The van der Waals surface area contributed by atoms with Crippen LogP contribution in [0.3, 0.4) is 0 Å². The maximum atomic E-state index is 9.58. The third-order valence-electron chi connectivity index (χ3n) is 1.85. The van der Waals surface area contributed by atoms with Gasteiger partial charge in [-0.25, -0.2) is 0 Å². The summed E-state index contributed by atoms with van der Waals surface area (Å²) in [5.74, 6) is 1.18. The molecule has 2 aromatic carbocycles. The third-order valence-corrected chi connectivity index (χ3v) is 2.59. The van der Waals surface area contributed by atoms with Gasteiger partial charge in [-0.3, -0.25) is 0 Å². The zero-order valence-electron chi connectivity index (χ0n) is 10.5. The molecule has 0 spiro atoms. The molecule has 0 aromatic heterocycles. The molecule has 2 aromatic rings. The normalized spacial score (nSPS) is 9.53. The van der Waals surface area contributed by atoms with E-state index >= 15 is 0 Å². The predicted molar refractivity (Wildman–Crippen MR) is 64.4 cm³/mol. The molecule has 0 heterocycles. The van der Waals surface area contributed by atoms with Gasteiger partial charge in [-0.1, -0.05) is 36.4 Å². The maximum absolute atomic E-state index is 9.58. The summed E-state index contributed by atoms with van der Waals surface area (Å²) in [4.78, 5) is 9.58. The summed E-state index contributed by atoms with van der Waals surface area (Å²) in [7, 11) is -1.93. The summed E-state index contributed by atoms with van der Waals surface area (Å²) < 4.78 is 10.4. The fraction of sp³-hybridized carbons (Fsp3) is 0. The number of benzene rings is 2. The minimum Gasteiger partial charge on any atom is -1.00 e. The monoisotopic (exact) mass is 242 g/mol. The molecule has 0 fully saturated rings.